The predicted molar refractivity (Wildman–Crippen MR) is 175 cm³/mol. The van der Waals surface area contributed by atoms with Crippen molar-refractivity contribution >= 4 is 53.9 Å². The first-order valence-electron chi connectivity index (χ1n) is 14.3. The molecule has 41 heavy (non-hydrogen) atoms. The van der Waals surface area contributed by atoms with Gasteiger partial charge in [-0.25, -0.2) is 0 Å². The fourth-order valence-electron chi connectivity index (χ4n) is 7.51. The van der Waals surface area contributed by atoms with Crippen molar-refractivity contribution in [1.29, 1.82) is 0 Å². The quantitative estimate of drug-likeness (QED) is 0.214. The second kappa shape index (κ2) is 8.04. The van der Waals surface area contributed by atoms with E-state index in [4.69, 9.17) is 5.73 Å². The first-order chi connectivity index (χ1) is 20.1. The molecule has 0 aromatic heterocycles. The smallest absolute Gasteiger partial charge is 0.0649 e. The molecule has 9 rings (SSSR count). The van der Waals surface area contributed by atoms with E-state index in [1.54, 1.807) is 0 Å². The Balaban J connectivity index is 1.38. The Kier molecular flexibility index (Phi) is 4.47. The molecule has 8 aromatic rings. The van der Waals surface area contributed by atoms with Crippen LogP contribution in [0.15, 0.2) is 133 Å². The Labute approximate surface area is 238 Å². The summed E-state index contributed by atoms with van der Waals surface area (Å²) in [4.78, 5) is 0. The summed E-state index contributed by atoms with van der Waals surface area (Å²) in [5.41, 5.74) is 13.7. The van der Waals surface area contributed by atoms with E-state index in [1.807, 2.05) is 0 Å². The van der Waals surface area contributed by atoms with Crippen molar-refractivity contribution < 1.29 is 0 Å². The number of fused-ring (bicyclic) bond motifs is 14. The Hall–Kier alpha value is -4.98. The molecule has 0 fully saturated rings. The van der Waals surface area contributed by atoms with E-state index in [0.717, 1.165) is 0 Å². The second-order valence-electron chi connectivity index (χ2n) is 11.7. The molecule has 1 unspecified atom stereocenters. The highest BCUT2D eigenvalue weighted by molar-refractivity contribution is 6.39. The molecule has 0 heterocycles. The standard InChI is InChI=1S/C40H27N/c1-40(41)36-17-9-8-13-29(36)30-20-18-25(23-37(30)40)24-19-21-34-35(22-24)28-12-4-7-16-33(28)38-31-14-5-2-10-26(31)27-11-3-6-15-32(27)39(34)38/h2-23H,41H2,1H3. The molecular formula is C40H27N. The Morgan fingerprint density at radius 2 is 0.829 bits per heavy atom. The lowest BCUT2D eigenvalue weighted by Crippen LogP contribution is -2.31. The largest absolute Gasteiger partial charge is 0.318 e. The predicted octanol–water partition coefficient (Wildman–Crippen LogP) is 10.3. The summed E-state index contributed by atoms with van der Waals surface area (Å²) in [5, 5.41) is 13.1. The molecule has 2 N–H and O–H groups in total. The van der Waals surface area contributed by atoms with Crippen LogP contribution in [0.5, 0.6) is 0 Å². The van der Waals surface area contributed by atoms with Crippen LogP contribution in [0.2, 0.25) is 0 Å². The fraction of sp³-hybridized carbons (Fsp3) is 0.0500. The van der Waals surface area contributed by atoms with Gasteiger partial charge in [-0.15, -0.1) is 0 Å². The van der Waals surface area contributed by atoms with Crippen LogP contribution in [-0.4, -0.2) is 0 Å². The van der Waals surface area contributed by atoms with Gasteiger partial charge >= 0.3 is 0 Å². The van der Waals surface area contributed by atoms with Gasteiger partial charge in [0.05, 0.1) is 5.54 Å². The Morgan fingerprint density at radius 3 is 1.46 bits per heavy atom. The molecule has 0 amide bonds. The topological polar surface area (TPSA) is 26.0 Å². The Bertz CT molecular complexity index is 2390. The van der Waals surface area contributed by atoms with Crippen molar-refractivity contribution in [1.82, 2.24) is 0 Å². The monoisotopic (exact) mass is 521 g/mol. The summed E-state index contributed by atoms with van der Waals surface area (Å²) in [5.74, 6) is 0. The van der Waals surface area contributed by atoms with Gasteiger partial charge in [0, 0.05) is 0 Å². The van der Waals surface area contributed by atoms with E-state index in [9.17, 15) is 0 Å². The van der Waals surface area contributed by atoms with Crippen molar-refractivity contribution in [3.8, 4) is 22.3 Å². The van der Waals surface area contributed by atoms with Crippen molar-refractivity contribution in [3.05, 3.63) is 145 Å². The first kappa shape index (κ1) is 22.8. The molecule has 0 radical (unpaired) electrons. The van der Waals surface area contributed by atoms with Crippen molar-refractivity contribution in [2.75, 3.05) is 0 Å². The fourth-order valence-corrected chi connectivity index (χ4v) is 7.51. The first-order valence-corrected chi connectivity index (χ1v) is 14.3. The third kappa shape index (κ3) is 2.99. The third-order valence-corrected chi connectivity index (χ3v) is 9.40. The maximum Gasteiger partial charge on any atom is 0.0649 e. The summed E-state index contributed by atoms with van der Waals surface area (Å²) in [7, 11) is 0. The second-order valence-corrected chi connectivity index (χ2v) is 11.7. The number of benzene rings is 8. The molecule has 0 aliphatic heterocycles. The zero-order valence-electron chi connectivity index (χ0n) is 22.8. The highest BCUT2D eigenvalue weighted by atomic mass is 14.7. The van der Waals surface area contributed by atoms with Crippen LogP contribution in [0.1, 0.15) is 18.1 Å². The highest BCUT2D eigenvalue weighted by Crippen LogP contribution is 2.48. The SMILES string of the molecule is CC1(N)c2ccccc2-c2ccc(-c3ccc4c(c3)c3ccccc3c3c5ccccc5c5ccccc5c43)cc21. The molecule has 0 spiro atoms. The van der Waals surface area contributed by atoms with Gasteiger partial charge in [0.1, 0.15) is 0 Å². The summed E-state index contributed by atoms with van der Waals surface area (Å²) in [6.45, 7) is 2.14. The van der Waals surface area contributed by atoms with Gasteiger partial charge in [-0.2, -0.15) is 0 Å². The number of rotatable bonds is 1. The summed E-state index contributed by atoms with van der Waals surface area (Å²) < 4.78 is 0. The molecule has 1 aliphatic rings. The Morgan fingerprint density at radius 1 is 0.390 bits per heavy atom. The van der Waals surface area contributed by atoms with Gasteiger partial charge in [-0.3, -0.25) is 0 Å². The van der Waals surface area contributed by atoms with Crippen LogP contribution in [0.4, 0.5) is 0 Å². The van der Waals surface area contributed by atoms with Crippen LogP contribution in [0.3, 0.4) is 0 Å². The lowest BCUT2D eigenvalue weighted by molar-refractivity contribution is 0.621. The minimum absolute atomic E-state index is 0.512. The normalized spacial score (nSPS) is 16.1. The lowest BCUT2D eigenvalue weighted by Gasteiger charge is -2.22. The molecule has 0 bridgehead atoms. The average molecular weight is 522 g/mol. The molecule has 8 aromatic carbocycles. The summed E-state index contributed by atoms with van der Waals surface area (Å²) >= 11 is 0. The van der Waals surface area contributed by atoms with E-state index in [1.165, 1.54) is 87.2 Å². The van der Waals surface area contributed by atoms with Crippen LogP contribution in [0, 0.1) is 0 Å². The molecule has 1 atom stereocenters. The maximum atomic E-state index is 6.97. The molecule has 0 saturated heterocycles. The third-order valence-electron chi connectivity index (χ3n) is 9.40. The maximum absolute atomic E-state index is 6.97. The van der Waals surface area contributed by atoms with Crippen LogP contribution >= 0.6 is 0 Å². The van der Waals surface area contributed by atoms with E-state index in [0.29, 0.717) is 0 Å². The van der Waals surface area contributed by atoms with Crippen LogP contribution < -0.4 is 5.73 Å². The number of hydrogen-bond acceptors (Lipinski definition) is 1. The van der Waals surface area contributed by atoms with E-state index in [2.05, 4.69) is 140 Å². The van der Waals surface area contributed by atoms with E-state index >= 15 is 0 Å². The molecule has 1 aliphatic carbocycles. The van der Waals surface area contributed by atoms with Crippen molar-refractivity contribution in [2.24, 2.45) is 5.73 Å². The van der Waals surface area contributed by atoms with Gasteiger partial charge in [0.2, 0.25) is 0 Å². The van der Waals surface area contributed by atoms with E-state index < -0.39 is 5.54 Å². The molecule has 1 nitrogen and oxygen atoms in total. The van der Waals surface area contributed by atoms with Crippen LogP contribution in [0.25, 0.3) is 76.1 Å². The summed E-state index contributed by atoms with van der Waals surface area (Å²) in [6.07, 6.45) is 0. The minimum Gasteiger partial charge on any atom is -0.318 e. The average Bonchev–Trinajstić information content (AvgIpc) is 3.26. The van der Waals surface area contributed by atoms with E-state index in [-0.39, 0.29) is 0 Å². The molecule has 1 heteroatoms. The van der Waals surface area contributed by atoms with Gasteiger partial charge in [-0.1, -0.05) is 121 Å². The number of nitrogens with two attached hydrogens (primary N) is 1. The molecule has 0 saturated carbocycles. The van der Waals surface area contributed by atoms with Crippen molar-refractivity contribution in [2.45, 2.75) is 12.5 Å². The van der Waals surface area contributed by atoms with Crippen molar-refractivity contribution in [3.63, 3.8) is 0 Å². The zero-order chi connectivity index (χ0) is 27.3. The highest BCUT2D eigenvalue weighted by Gasteiger charge is 2.35. The molecular weight excluding hydrogens is 494 g/mol. The number of hydrogen-bond donors (Lipinski definition) is 1. The van der Waals surface area contributed by atoms with Crippen LogP contribution in [-0.2, 0) is 5.54 Å². The summed E-state index contributed by atoms with van der Waals surface area (Å²) in [6, 6.07) is 49.0. The van der Waals surface area contributed by atoms with Gasteiger partial charge in [-0.05, 0) is 106 Å². The molecule has 192 valence electrons. The van der Waals surface area contributed by atoms with Gasteiger partial charge in [0.25, 0.3) is 0 Å². The van der Waals surface area contributed by atoms with Gasteiger partial charge in [0.15, 0.2) is 0 Å². The van der Waals surface area contributed by atoms with Gasteiger partial charge < -0.3 is 5.73 Å². The zero-order valence-corrected chi connectivity index (χ0v) is 22.8. The minimum atomic E-state index is -0.512. The lowest BCUT2D eigenvalue weighted by atomic mass is 9.86.